The lowest BCUT2D eigenvalue weighted by Crippen LogP contribution is -2.30. The zero-order valence-electron chi connectivity index (χ0n) is 20.3. The predicted octanol–water partition coefficient (Wildman–Crippen LogP) is 8.97. The molecule has 3 nitrogen and oxygen atoms in total. The quantitative estimate of drug-likeness (QED) is 0.142. The number of hydrogen-bond donors (Lipinski definition) is 0. The molecule has 0 aliphatic rings. The maximum Gasteiger partial charge on any atom is 0.268 e. The van der Waals surface area contributed by atoms with Gasteiger partial charge in [-0.1, -0.05) is 73.0 Å². The molecule has 186 valence electrons. The Morgan fingerprint density at radius 2 is 1.25 bits per heavy atom. The molecule has 0 spiro atoms. The summed E-state index contributed by atoms with van der Waals surface area (Å²) >= 11 is 15.2. The van der Waals surface area contributed by atoms with Crippen LogP contribution in [0.2, 0.25) is 10.0 Å². The first-order valence-corrected chi connectivity index (χ1v) is 14.2. The van der Waals surface area contributed by atoms with Crippen molar-refractivity contribution in [3.8, 4) is 0 Å². The lowest BCUT2D eigenvalue weighted by atomic mass is 10.1. The first kappa shape index (κ1) is 28.1. The lowest BCUT2D eigenvalue weighted by molar-refractivity contribution is -0.118. The Kier molecular flexibility index (Phi) is 10.7. The molecular weight excluding hydrogens is 529 g/mol. The van der Waals surface area contributed by atoms with Gasteiger partial charge < -0.3 is 0 Å². The number of rotatable bonds is 10. The average molecular weight is 557 g/mol. The Hall–Kier alpha value is -2.44. The second kappa shape index (κ2) is 13.8. The van der Waals surface area contributed by atoms with Crippen molar-refractivity contribution in [3.05, 3.63) is 110 Å². The van der Waals surface area contributed by atoms with E-state index in [4.69, 9.17) is 23.2 Å². The number of amides is 1. The van der Waals surface area contributed by atoms with E-state index < -0.39 is 5.91 Å². The number of hydrogen-bond acceptors (Lipinski definition) is 4. The summed E-state index contributed by atoms with van der Waals surface area (Å²) in [4.78, 5) is 29.4. The molecule has 0 saturated carbocycles. The van der Waals surface area contributed by atoms with Crippen LogP contribution >= 0.6 is 46.7 Å². The van der Waals surface area contributed by atoms with E-state index in [1.807, 2.05) is 45.0 Å². The van der Waals surface area contributed by atoms with E-state index >= 15 is 0 Å². The Bertz CT molecular complexity index is 1200. The molecule has 3 aromatic carbocycles. The third-order valence-electron chi connectivity index (χ3n) is 5.09. The summed E-state index contributed by atoms with van der Waals surface area (Å²) in [5, 5.41) is 1.11. The third kappa shape index (κ3) is 7.53. The van der Waals surface area contributed by atoms with Crippen LogP contribution in [0.1, 0.15) is 25.0 Å². The van der Waals surface area contributed by atoms with Gasteiger partial charge >= 0.3 is 0 Å². The van der Waals surface area contributed by atoms with Gasteiger partial charge in [-0.25, -0.2) is 0 Å². The third-order valence-corrected chi connectivity index (χ3v) is 7.81. The molecule has 0 aromatic heterocycles. The largest absolute Gasteiger partial charge is 0.289 e. The van der Waals surface area contributed by atoms with Crippen LogP contribution in [0, 0.1) is 6.92 Å². The van der Waals surface area contributed by atoms with Crippen LogP contribution in [0.15, 0.2) is 88.7 Å². The molecule has 36 heavy (non-hydrogen) atoms. The van der Waals surface area contributed by atoms with Crippen LogP contribution in [0.4, 0.5) is 11.4 Å². The molecule has 0 aliphatic heterocycles. The number of allylic oxidation sites excluding steroid dienone is 1. The molecule has 0 fully saturated rings. The zero-order valence-corrected chi connectivity index (χ0v) is 23.5. The Morgan fingerprint density at radius 1 is 0.778 bits per heavy atom. The van der Waals surface area contributed by atoms with Gasteiger partial charge in [0, 0.05) is 21.4 Å². The minimum Gasteiger partial charge on any atom is -0.289 e. The Morgan fingerprint density at radius 3 is 1.69 bits per heavy atom. The summed E-state index contributed by atoms with van der Waals surface area (Å²) in [5.74, 6) is 0.715. The molecule has 0 bridgehead atoms. The van der Waals surface area contributed by atoms with Gasteiger partial charge in [-0.15, -0.1) is 23.5 Å². The number of ketones is 1. The zero-order chi connectivity index (χ0) is 26.1. The maximum atomic E-state index is 14.2. The van der Waals surface area contributed by atoms with E-state index in [1.165, 1.54) is 34.5 Å². The van der Waals surface area contributed by atoms with E-state index in [2.05, 4.69) is 0 Å². The monoisotopic (exact) mass is 555 g/mol. The second-order valence-electron chi connectivity index (χ2n) is 7.73. The van der Waals surface area contributed by atoms with Crippen molar-refractivity contribution in [2.75, 3.05) is 16.4 Å². The van der Waals surface area contributed by atoms with Crippen molar-refractivity contribution in [1.29, 1.82) is 0 Å². The molecule has 0 saturated heterocycles. The Labute approximate surface area is 231 Å². The number of carbonyl (C=O) groups is 2. The van der Waals surface area contributed by atoms with Gasteiger partial charge in [-0.2, -0.15) is 0 Å². The topological polar surface area (TPSA) is 37.4 Å². The highest BCUT2D eigenvalue weighted by molar-refractivity contribution is 8.22. The van der Waals surface area contributed by atoms with E-state index in [-0.39, 0.29) is 11.4 Å². The number of halogens is 2. The summed E-state index contributed by atoms with van der Waals surface area (Å²) in [6.45, 7) is 6.02. The highest BCUT2D eigenvalue weighted by atomic mass is 35.5. The highest BCUT2D eigenvalue weighted by Crippen LogP contribution is 2.36. The number of benzene rings is 3. The summed E-state index contributed by atoms with van der Waals surface area (Å²) in [6, 6.07) is 21.8. The second-order valence-corrected chi connectivity index (χ2v) is 11.4. The van der Waals surface area contributed by atoms with E-state index in [0.717, 1.165) is 22.6 Å². The van der Waals surface area contributed by atoms with E-state index in [1.54, 1.807) is 54.6 Å². The van der Waals surface area contributed by atoms with Gasteiger partial charge in [0.2, 0.25) is 0 Å². The van der Waals surface area contributed by atoms with Crippen molar-refractivity contribution in [3.63, 3.8) is 0 Å². The van der Waals surface area contributed by atoms with Gasteiger partial charge in [-0.3, -0.25) is 14.5 Å². The van der Waals surface area contributed by atoms with Crippen molar-refractivity contribution < 1.29 is 9.59 Å². The molecule has 0 unspecified atom stereocenters. The van der Waals surface area contributed by atoms with E-state index in [0.29, 0.717) is 25.7 Å². The van der Waals surface area contributed by atoms with Gasteiger partial charge in [0.05, 0.1) is 4.24 Å². The van der Waals surface area contributed by atoms with Crippen LogP contribution in [0.25, 0.3) is 6.08 Å². The summed E-state index contributed by atoms with van der Waals surface area (Å²) in [7, 11) is 0. The van der Waals surface area contributed by atoms with Crippen LogP contribution in [-0.4, -0.2) is 23.2 Å². The standard InChI is InChI=1S/C29H27Cl2NO2S2/c1-4-35-29(36-5-2)27(26(33)19-10-21-8-6-20(3)7-9-21)28(34)32(24-15-11-22(30)12-16-24)25-17-13-23(31)14-18-25/h6-19H,4-5H2,1-3H3/b19-10+. The number of carbonyl (C=O) groups excluding carboxylic acids is 2. The van der Waals surface area contributed by atoms with Gasteiger partial charge in [0.25, 0.3) is 5.91 Å². The van der Waals surface area contributed by atoms with Gasteiger partial charge in [-0.05, 0) is 78.6 Å². The first-order chi connectivity index (χ1) is 17.3. The number of anilines is 2. The smallest absolute Gasteiger partial charge is 0.268 e. The molecule has 0 N–H and O–H groups in total. The average Bonchev–Trinajstić information content (AvgIpc) is 2.86. The number of nitrogens with zero attached hydrogens (tertiary/aromatic N) is 1. The number of aryl methyl sites for hydroxylation is 1. The van der Waals surface area contributed by atoms with Crippen molar-refractivity contribution in [1.82, 2.24) is 0 Å². The van der Waals surface area contributed by atoms with Crippen LogP contribution in [0.5, 0.6) is 0 Å². The predicted molar refractivity (Wildman–Crippen MR) is 159 cm³/mol. The molecule has 7 heteroatoms. The fourth-order valence-electron chi connectivity index (χ4n) is 3.35. The summed E-state index contributed by atoms with van der Waals surface area (Å²) in [5.41, 5.74) is 3.36. The maximum absolute atomic E-state index is 14.2. The minimum absolute atomic E-state index is 0.141. The van der Waals surface area contributed by atoms with Crippen molar-refractivity contribution >= 4 is 75.9 Å². The molecule has 0 heterocycles. The van der Waals surface area contributed by atoms with Crippen LogP contribution in [0.3, 0.4) is 0 Å². The fourth-order valence-corrected chi connectivity index (χ4v) is 5.83. The molecular formula is C29H27Cl2NO2S2. The Balaban J connectivity index is 2.13. The van der Waals surface area contributed by atoms with Crippen molar-refractivity contribution in [2.24, 2.45) is 0 Å². The summed E-state index contributed by atoms with van der Waals surface area (Å²) < 4.78 is 0.705. The van der Waals surface area contributed by atoms with Crippen molar-refractivity contribution in [2.45, 2.75) is 20.8 Å². The SMILES string of the molecule is CCSC(SCC)=C(C(=O)/C=C/c1ccc(C)cc1)C(=O)N(c1ccc(Cl)cc1)c1ccc(Cl)cc1. The fraction of sp³-hybridized carbons (Fsp3) is 0.172. The van der Waals surface area contributed by atoms with E-state index in [9.17, 15) is 9.59 Å². The van der Waals surface area contributed by atoms with Gasteiger partial charge in [0.1, 0.15) is 5.57 Å². The molecule has 3 aromatic rings. The summed E-state index contributed by atoms with van der Waals surface area (Å²) in [6.07, 6.45) is 3.22. The lowest BCUT2D eigenvalue weighted by Gasteiger charge is -2.25. The minimum atomic E-state index is -0.407. The first-order valence-electron chi connectivity index (χ1n) is 11.5. The number of thioether (sulfide) groups is 2. The van der Waals surface area contributed by atoms with Crippen LogP contribution in [-0.2, 0) is 9.59 Å². The molecule has 0 atom stereocenters. The van der Waals surface area contributed by atoms with Crippen LogP contribution < -0.4 is 4.90 Å². The van der Waals surface area contributed by atoms with Gasteiger partial charge in [0.15, 0.2) is 5.78 Å². The normalized spacial score (nSPS) is 10.9. The molecule has 3 rings (SSSR count). The molecule has 1 amide bonds. The molecule has 0 aliphatic carbocycles. The molecule has 0 radical (unpaired) electrons. The highest BCUT2D eigenvalue weighted by Gasteiger charge is 2.29.